The number of anilines is 1. The first-order chi connectivity index (χ1) is 11.7. The molecule has 5 nitrogen and oxygen atoms in total. The molecule has 0 amide bonds. The number of imidazole rings is 1. The molecule has 0 aliphatic carbocycles. The van der Waals surface area contributed by atoms with Gasteiger partial charge in [-0.2, -0.15) is 0 Å². The molecule has 4 rings (SSSR count). The molecule has 6 heteroatoms. The number of fused-ring (bicyclic) bond motifs is 1. The van der Waals surface area contributed by atoms with Crippen LogP contribution in [-0.2, 0) is 6.42 Å². The van der Waals surface area contributed by atoms with Crippen LogP contribution in [0.3, 0.4) is 0 Å². The number of aromatic hydroxyl groups is 1. The quantitative estimate of drug-likeness (QED) is 0.786. The van der Waals surface area contributed by atoms with Crippen molar-refractivity contribution in [1.29, 1.82) is 0 Å². The summed E-state index contributed by atoms with van der Waals surface area (Å²) in [7, 11) is 0. The zero-order valence-electron chi connectivity index (χ0n) is 13.9. The van der Waals surface area contributed by atoms with E-state index < -0.39 is 0 Å². The monoisotopic (exact) mass is 342 g/mol. The van der Waals surface area contributed by atoms with Crippen LogP contribution in [0.4, 0.5) is 5.13 Å². The Kier molecular flexibility index (Phi) is 4.14. The molecule has 1 saturated heterocycles. The van der Waals surface area contributed by atoms with Crippen molar-refractivity contribution in [3.05, 3.63) is 41.7 Å². The third kappa shape index (κ3) is 3.24. The fourth-order valence-electron chi connectivity index (χ4n) is 3.37. The van der Waals surface area contributed by atoms with E-state index in [1.165, 1.54) is 24.8 Å². The Labute approximate surface area is 145 Å². The summed E-state index contributed by atoms with van der Waals surface area (Å²) in [4.78, 5) is 7.87. The maximum Gasteiger partial charge on any atom is 0.214 e. The summed E-state index contributed by atoms with van der Waals surface area (Å²) in [6.07, 6.45) is 6.74. The van der Waals surface area contributed by atoms with Crippen molar-refractivity contribution in [3.8, 4) is 5.75 Å². The summed E-state index contributed by atoms with van der Waals surface area (Å²) >= 11 is 1.68. The number of nitrogens with zero attached hydrogens (tertiary/aromatic N) is 4. The molecular formula is C18H22N4OS. The Balaban J connectivity index is 1.31. The summed E-state index contributed by atoms with van der Waals surface area (Å²) in [6, 6.07) is 7.60. The zero-order valence-corrected chi connectivity index (χ0v) is 14.7. The molecule has 1 aliphatic rings. The number of aryl methyl sites for hydroxylation is 2. The number of phenolic OH excluding ortho intramolecular Hbond substituents is 1. The first kappa shape index (κ1) is 15.4. The molecule has 0 saturated carbocycles. The lowest BCUT2D eigenvalue weighted by atomic mass is 9.91. The lowest BCUT2D eigenvalue weighted by molar-refractivity contribution is 0.381. The average Bonchev–Trinajstić information content (AvgIpc) is 3.12. The third-order valence-electron chi connectivity index (χ3n) is 4.82. The smallest absolute Gasteiger partial charge is 0.214 e. The SMILES string of the molecule is Cc1cn2nc(N3CCC(CCc4ccc(O)cc4)CC3)sc2n1. The predicted molar refractivity (Wildman–Crippen MR) is 97.0 cm³/mol. The molecule has 0 bridgehead atoms. The van der Waals surface area contributed by atoms with E-state index in [4.69, 9.17) is 0 Å². The molecule has 0 atom stereocenters. The van der Waals surface area contributed by atoms with E-state index in [-0.39, 0.29) is 0 Å². The van der Waals surface area contributed by atoms with Crippen LogP contribution in [-0.4, -0.2) is 32.8 Å². The maximum absolute atomic E-state index is 9.35. The van der Waals surface area contributed by atoms with Gasteiger partial charge in [0.15, 0.2) is 0 Å². The van der Waals surface area contributed by atoms with Crippen molar-refractivity contribution in [3.63, 3.8) is 0 Å². The fourth-order valence-corrected chi connectivity index (χ4v) is 4.35. The Bertz CT molecular complexity index is 784. The van der Waals surface area contributed by atoms with Crippen molar-refractivity contribution in [2.75, 3.05) is 18.0 Å². The number of aromatic nitrogens is 3. The molecule has 0 radical (unpaired) electrons. The fraction of sp³-hybridized carbons (Fsp3) is 0.444. The number of phenols is 1. The number of hydrogen-bond donors (Lipinski definition) is 1. The average molecular weight is 342 g/mol. The van der Waals surface area contributed by atoms with Crippen LogP contribution >= 0.6 is 11.3 Å². The normalized spacial score (nSPS) is 16.1. The minimum atomic E-state index is 0.344. The van der Waals surface area contributed by atoms with Crippen molar-refractivity contribution in [2.24, 2.45) is 5.92 Å². The largest absolute Gasteiger partial charge is 0.508 e. The lowest BCUT2D eigenvalue weighted by Crippen LogP contribution is -2.33. The molecule has 1 aliphatic heterocycles. The molecule has 0 spiro atoms. The predicted octanol–water partition coefficient (Wildman–Crippen LogP) is 3.65. The number of benzene rings is 1. The van der Waals surface area contributed by atoms with E-state index in [0.29, 0.717) is 5.75 Å². The van der Waals surface area contributed by atoms with Gasteiger partial charge in [0.1, 0.15) is 5.75 Å². The summed E-state index contributed by atoms with van der Waals surface area (Å²) in [5, 5.41) is 15.1. The second-order valence-corrected chi connectivity index (χ2v) is 7.56. The molecule has 1 aromatic carbocycles. The highest BCUT2D eigenvalue weighted by Crippen LogP contribution is 2.29. The van der Waals surface area contributed by atoms with Crippen LogP contribution in [0.2, 0.25) is 0 Å². The van der Waals surface area contributed by atoms with Crippen molar-refractivity contribution < 1.29 is 5.11 Å². The molecule has 126 valence electrons. The molecular weight excluding hydrogens is 320 g/mol. The van der Waals surface area contributed by atoms with E-state index in [9.17, 15) is 5.11 Å². The zero-order chi connectivity index (χ0) is 16.5. The molecule has 3 heterocycles. The van der Waals surface area contributed by atoms with Gasteiger partial charge in [-0.1, -0.05) is 23.5 Å². The summed E-state index contributed by atoms with van der Waals surface area (Å²) in [5.41, 5.74) is 2.33. The van der Waals surface area contributed by atoms with E-state index in [2.05, 4.69) is 15.0 Å². The van der Waals surface area contributed by atoms with Crippen molar-refractivity contribution in [1.82, 2.24) is 14.6 Å². The summed E-state index contributed by atoms with van der Waals surface area (Å²) in [6.45, 7) is 4.16. The van der Waals surface area contributed by atoms with Crippen LogP contribution in [0.15, 0.2) is 30.5 Å². The molecule has 0 unspecified atom stereocenters. The van der Waals surface area contributed by atoms with Gasteiger partial charge in [-0.3, -0.25) is 0 Å². The van der Waals surface area contributed by atoms with Gasteiger partial charge in [0, 0.05) is 13.1 Å². The Morgan fingerprint density at radius 2 is 1.96 bits per heavy atom. The second-order valence-electron chi connectivity index (χ2n) is 6.63. The van der Waals surface area contributed by atoms with Gasteiger partial charge in [0.2, 0.25) is 10.1 Å². The summed E-state index contributed by atoms with van der Waals surface area (Å²) < 4.78 is 1.90. The first-order valence-corrected chi connectivity index (χ1v) is 9.35. The molecule has 1 fully saturated rings. The number of rotatable bonds is 4. The topological polar surface area (TPSA) is 53.7 Å². The summed E-state index contributed by atoms with van der Waals surface area (Å²) in [5.74, 6) is 1.12. The Morgan fingerprint density at radius 3 is 2.67 bits per heavy atom. The Morgan fingerprint density at radius 1 is 1.21 bits per heavy atom. The van der Waals surface area contributed by atoms with Gasteiger partial charge in [-0.15, -0.1) is 5.10 Å². The van der Waals surface area contributed by atoms with Gasteiger partial charge in [-0.25, -0.2) is 9.50 Å². The van der Waals surface area contributed by atoms with Gasteiger partial charge < -0.3 is 10.0 Å². The molecule has 24 heavy (non-hydrogen) atoms. The van der Waals surface area contributed by atoms with Crippen molar-refractivity contribution >= 4 is 21.4 Å². The first-order valence-electron chi connectivity index (χ1n) is 8.53. The minimum absolute atomic E-state index is 0.344. The highest BCUT2D eigenvalue weighted by atomic mass is 32.1. The van der Waals surface area contributed by atoms with E-state index in [1.807, 2.05) is 29.8 Å². The molecule has 1 N–H and O–H groups in total. The molecule has 3 aromatic rings. The van der Waals surface area contributed by atoms with Crippen LogP contribution in [0.1, 0.15) is 30.5 Å². The third-order valence-corrected chi connectivity index (χ3v) is 5.80. The van der Waals surface area contributed by atoms with Crippen LogP contribution in [0.5, 0.6) is 5.75 Å². The van der Waals surface area contributed by atoms with E-state index in [1.54, 1.807) is 23.5 Å². The van der Waals surface area contributed by atoms with E-state index in [0.717, 1.165) is 41.2 Å². The van der Waals surface area contributed by atoms with Crippen molar-refractivity contribution in [2.45, 2.75) is 32.6 Å². The maximum atomic E-state index is 9.35. The van der Waals surface area contributed by atoms with Gasteiger partial charge in [0.05, 0.1) is 11.9 Å². The lowest BCUT2D eigenvalue weighted by Gasteiger charge is -2.31. The minimum Gasteiger partial charge on any atom is -0.508 e. The highest BCUT2D eigenvalue weighted by Gasteiger charge is 2.22. The molecule has 2 aromatic heterocycles. The van der Waals surface area contributed by atoms with Crippen LogP contribution in [0.25, 0.3) is 4.96 Å². The van der Waals surface area contributed by atoms with Crippen LogP contribution < -0.4 is 4.90 Å². The van der Waals surface area contributed by atoms with Gasteiger partial charge >= 0.3 is 0 Å². The van der Waals surface area contributed by atoms with Gasteiger partial charge in [-0.05, 0) is 56.2 Å². The van der Waals surface area contributed by atoms with Crippen LogP contribution in [0, 0.1) is 12.8 Å². The number of piperidine rings is 1. The van der Waals surface area contributed by atoms with E-state index >= 15 is 0 Å². The highest BCUT2D eigenvalue weighted by molar-refractivity contribution is 7.20. The van der Waals surface area contributed by atoms with Gasteiger partial charge in [0.25, 0.3) is 0 Å². The standard InChI is InChI=1S/C18H22N4OS/c1-13-12-22-17(19-13)24-18(20-22)21-10-8-15(9-11-21)3-2-14-4-6-16(23)7-5-14/h4-7,12,15,23H,2-3,8-11H2,1H3. The Hall–Kier alpha value is -2.08. The number of hydrogen-bond acceptors (Lipinski definition) is 5. The second kappa shape index (κ2) is 6.43.